The van der Waals surface area contributed by atoms with Crippen molar-refractivity contribution in [2.45, 2.75) is 12.6 Å². The van der Waals surface area contributed by atoms with Crippen molar-refractivity contribution in [3.05, 3.63) is 0 Å². The van der Waals surface area contributed by atoms with Crippen molar-refractivity contribution in [2.24, 2.45) is 0 Å². The number of alkyl halides is 3. The van der Waals surface area contributed by atoms with Crippen LogP contribution in [-0.4, -0.2) is 15.7 Å². The van der Waals surface area contributed by atoms with Crippen LogP contribution in [0, 0.1) is 0 Å². The molecular weight excluding hydrogens is 264 g/mol. The fourth-order valence-electron chi connectivity index (χ4n) is 0.226. The molecule has 0 fully saturated rings. The Morgan fingerprint density at radius 2 is 1.70 bits per heavy atom. The minimum atomic E-state index is -4.87. The third kappa shape index (κ3) is 3.80. The number of Topliss-reactive ketones (excluding diaryl/α,β-unsaturated/α-hetero) is 1. The van der Waals surface area contributed by atoms with Crippen LogP contribution < -0.4 is 0 Å². The molecule has 58 valence electrons. The summed E-state index contributed by atoms with van der Waals surface area (Å²) in [6.45, 7) is 0. The zero-order chi connectivity index (χ0) is 8.36. The number of rotatable bonds is 2. The summed E-state index contributed by atoms with van der Waals surface area (Å²) in [5, 5.41) is 0. The molecule has 0 aliphatic heterocycles. The van der Waals surface area contributed by atoms with Gasteiger partial charge in [-0.1, -0.05) is 0 Å². The van der Waals surface area contributed by atoms with Crippen molar-refractivity contribution in [3.8, 4) is 0 Å². The minimum absolute atomic E-state index is 0.806. The van der Waals surface area contributed by atoms with Gasteiger partial charge < -0.3 is 0 Å². The maximum atomic E-state index is 11.3. The molecule has 0 N–H and O–H groups in total. The Bertz CT molecular complexity index is 162. The zero-order valence-corrected chi connectivity index (χ0v) is 6.69. The summed E-state index contributed by atoms with van der Waals surface area (Å²) in [6.07, 6.45) is -5.94. The highest BCUT2D eigenvalue weighted by Gasteiger charge is 2.38. The lowest BCUT2D eigenvalue weighted by atomic mass is 10.3. The van der Waals surface area contributed by atoms with E-state index in [1.54, 1.807) is 0 Å². The fourth-order valence-corrected chi connectivity index (χ4v) is 0.573. The smallest absolute Gasteiger partial charge is 0.289 e. The zero-order valence-electron chi connectivity index (χ0n) is 4.54. The van der Waals surface area contributed by atoms with Crippen LogP contribution in [0.5, 0.6) is 0 Å². The summed E-state index contributed by atoms with van der Waals surface area (Å²) < 4.78 is 33.1. The summed E-state index contributed by atoms with van der Waals surface area (Å²) in [4.78, 5) is 19.9. The maximum Gasteiger partial charge on any atom is 0.450 e. The molecular formula is C4H2F3IO2. The van der Waals surface area contributed by atoms with Crippen LogP contribution in [0.2, 0.25) is 0 Å². The second kappa shape index (κ2) is 3.31. The van der Waals surface area contributed by atoms with E-state index < -0.39 is 22.2 Å². The first-order valence-electron chi connectivity index (χ1n) is 2.12. The summed E-state index contributed by atoms with van der Waals surface area (Å²) in [7, 11) is 0. The summed E-state index contributed by atoms with van der Waals surface area (Å²) in [5.74, 6) is -1.99. The first-order chi connectivity index (χ1) is 4.34. The van der Waals surface area contributed by atoms with Gasteiger partial charge in [-0.3, -0.25) is 9.59 Å². The van der Waals surface area contributed by atoms with Crippen LogP contribution in [0.4, 0.5) is 13.2 Å². The molecule has 10 heavy (non-hydrogen) atoms. The van der Waals surface area contributed by atoms with Gasteiger partial charge in [0.1, 0.15) is 0 Å². The average molecular weight is 266 g/mol. The third-order valence-corrected chi connectivity index (χ3v) is 0.997. The molecule has 0 aromatic rings. The van der Waals surface area contributed by atoms with Gasteiger partial charge in [0.2, 0.25) is 5.78 Å². The molecule has 0 aliphatic carbocycles. The van der Waals surface area contributed by atoms with Crippen molar-refractivity contribution >= 4 is 32.2 Å². The number of hydrogen-bond donors (Lipinski definition) is 0. The molecule has 2 nitrogen and oxygen atoms in total. The molecule has 0 saturated carbocycles. The third-order valence-electron chi connectivity index (χ3n) is 0.616. The summed E-state index contributed by atoms with van der Waals surface area (Å²) in [6, 6.07) is 0. The number of carbonyl (C=O) groups excluding carboxylic acids is 2. The number of ketones is 1. The molecule has 0 rings (SSSR count). The molecule has 6 heteroatoms. The van der Waals surface area contributed by atoms with Gasteiger partial charge in [0.25, 0.3) is 0 Å². The number of halogens is 4. The Labute approximate surface area is 67.9 Å². The Morgan fingerprint density at radius 1 is 1.30 bits per heavy atom. The van der Waals surface area contributed by atoms with Crippen molar-refractivity contribution < 1.29 is 22.8 Å². The highest BCUT2D eigenvalue weighted by Crippen LogP contribution is 2.18. The molecule has 0 atom stereocenters. The Hall–Kier alpha value is -0.140. The second-order valence-electron chi connectivity index (χ2n) is 1.45. The van der Waals surface area contributed by atoms with Crippen molar-refractivity contribution in [2.75, 3.05) is 0 Å². The monoisotopic (exact) mass is 266 g/mol. The van der Waals surface area contributed by atoms with Gasteiger partial charge in [-0.2, -0.15) is 13.2 Å². The van der Waals surface area contributed by atoms with E-state index in [2.05, 4.69) is 0 Å². The van der Waals surface area contributed by atoms with Gasteiger partial charge in [0.15, 0.2) is 3.79 Å². The number of carbonyl (C=O) groups is 2. The van der Waals surface area contributed by atoms with E-state index in [0.29, 0.717) is 0 Å². The van der Waals surface area contributed by atoms with Crippen molar-refractivity contribution in [1.82, 2.24) is 0 Å². The van der Waals surface area contributed by atoms with Gasteiger partial charge >= 0.3 is 6.18 Å². The van der Waals surface area contributed by atoms with Crippen LogP contribution in [0.1, 0.15) is 6.42 Å². The molecule has 0 spiro atoms. The van der Waals surface area contributed by atoms with Gasteiger partial charge in [-0.25, -0.2) is 0 Å². The largest absolute Gasteiger partial charge is 0.450 e. The first kappa shape index (κ1) is 9.86. The van der Waals surface area contributed by atoms with Gasteiger partial charge in [-0.05, 0) is 0 Å². The molecule has 0 aliphatic rings. The highest BCUT2D eigenvalue weighted by atomic mass is 127. The minimum Gasteiger partial charge on any atom is -0.289 e. The van der Waals surface area contributed by atoms with E-state index in [-0.39, 0.29) is 0 Å². The molecule has 0 unspecified atom stereocenters. The second-order valence-corrected chi connectivity index (χ2v) is 2.66. The Balaban J connectivity index is 3.99. The van der Waals surface area contributed by atoms with Gasteiger partial charge in [0, 0.05) is 22.6 Å². The molecule has 0 heterocycles. The lowest BCUT2D eigenvalue weighted by Crippen LogP contribution is -2.23. The van der Waals surface area contributed by atoms with E-state index in [4.69, 9.17) is 0 Å². The fraction of sp³-hybridized carbons (Fsp3) is 0.500. The Morgan fingerprint density at radius 3 is 1.80 bits per heavy atom. The molecule has 0 saturated heterocycles. The molecule has 0 aromatic heterocycles. The van der Waals surface area contributed by atoms with Crippen molar-refractivity contribution in [1.29, 1.82) is 0 Å². The van der Waals surface area contributed by atoms with E-state index in [1.165, 1.54) is 0 Å². The standard InChI is InChI=1S/C4H2F3IO2/c5-4(6,7)2(9)1-3(8)10/h1H2. The SMILES string of the molecule is O=C(I)CC(=O)C(F)(F)F. The van der Waals surface area contributed by atoms with E-state index in [1.807, 2.05) is 0 Å². The van der Waals surface area contributed by atoms with E-state index >= 15 is 0 Å². The molecule has 0 radical (unpaired) electrons. The molecule has 0 amide bonds. The van der Waals surface area contributed by atoms with Gasteiger partial charge in [0.05, 0.1) is 6.42 Å². The maximum absolute atomic E-state index is 11.3. The first-order valence-corrected chi connectivity index (χ1v) is 3.20. The van der Waals surface area contributed by atoms with Crippen LogP contribution in [0.3, 0.4) is 0 Å². The van der Waals surface area contributed by atoms with Crippen LogP contribution >= 0.6 is 22.6 Å². The predicted octanol–water partition coefficient (Wildman–Crippen LogP) is 1.47. The van der Waals surface area contributed by atoms with Crippen LogP contribution in [0.25, 0.3) is 0 Å². The predicted molar refractivity (Wildman–Crippen MR) is 34.7 cm³/mol. The topological polar surface area (TPSA) is 34.1 Å². The van der Waals surface area contributed by atoms with E-state index in [0.717, 1.165) is 22.6 Å². The van der Waals surface area contributed by atoms with Crippen molar-refractivity contribution in [3.63, 3.8) is 0 Å². The molecule has 0 aromatic carbocycles. The highest BCUT2D eigenvalue weighted by molar-refractivity contribution is 14.1. The lowest BCUT2D eigenvalue weighted by molar-refractivity contribution is -0.171. The number of hydrogen-bond acceptors (Lipinski definition) is 2. The quantitative estimate of drug-likeness (QED) is 0.431. The summed E-state index contributed by atoms with van der Waals surface area (Å²) in [5.41, 5.74) is 0. The van der Waals surface area contributed by atoms with Crippen LogP contribution in [-0.2, 0) is 9.59 Å². The lowest BCUT2D eigenvalue weighted by Gasteiger charge is -2.00. The average Bonchev–Trinajstić information content (AvgIpc) is 1.60. The van der Waals surface area contributed by atoms with Gasteiger partial charge in [-0.15, -0.1) is 0 Å². The molecule has 0 bridgehead atoms. The van der Waals surface area contributed by atoms with E-state index in [9.17, 15) is 22.8 Å². The van der Waals surface area contributed by atoms with Crippen LogP contribution in [0.15, 0.2) is 0 Å². The normalized spacial score (nSPS) is 11.2. The summed E-state index contributed by atoms with van der Waals surface area (Å²) >= 11 is 1.14. The Kier molecular flexibility index (Phi) is 3.26.